The number of aryl methyl sites for hydroxylation is 1. The Balaban J connectivity index is 1.63. The number of hydrogen-bond donors (Lipinski definition) is 1. The van der Waals surface area contributed by atoms with Gasteiger partial charge in [0.25, 0.3) is 0 Å². The topological polar surface area (TPSA) is 24.9 Å². The van der Waals surface area contributed by atoms with E-state index in [1.807, 2.05) is 18.2 Å². The zero-order valence-electron chi connectivity index (χ0n) is 11.8. The summed E-state index contributed by atoms with van der Waals surface area (Å²) in [6, 6.07) is 16.8. The Morgan fingerprint density at radius 2 is 1.95 bits per heavy atom. The van der Waals surface area contributed by atoms with Crippen LogP contribution in [-0.2, 0) is 6.42 Å². The Kier molecular flexibility index (Phi) is 4.42. The highest BCUT2D eigenvalue weighted by Crippen LogP contribution is 2.32. The zero-order valence-corrected chi connectivity index (χ0v) is 13.4. The lowest BCUT2D eigenvalue weighted by Crippen LogP contribution is -2.15. The molecule has 0 fully saturated rings. The van der Waals surface area contributed by atoms with Gasteiger partial charge in [-0.3, -0.25) is 0 Å². The lowest BCUT2D eigenvalue weighted by Gasteiger charge is -2.12. The maximum atomic E-state index is 6.19. The third kappa shape index (κ3) is 3.55. The first-order chi connectivity index (χ1) is 10.2. The van der Waals surface area contributed by atoms with Gasteiger partial charge in [0, 0.05) is 6.04 Å². The van der Waals surface area contributed by atoms with Crippen molar-refractivity contribution in [3.05, 3.63) is 59.1 Å². The van der Waals surface area contributed by atoms with E-state index in [2.05, 4.69) is 47.6 Å². The molecule has 1 N–H and O–H groups in total. The molecule has 0 spiro atoms. The van der Waals surface area contributed by atoms with Crippen LogP contribution in [0, 0.1) is 0 Å². The minimum atomic E-state index is 0.379. The lowest BCUT2D eigenvalue weighted by atomic mass is 10.1. The average Bonchev–Trinajstić information content (AvgIpc) is 2.90. The summed E-state index contributed by atoms with van der Waals surface area (Å²) >= 11 is 7.81. The standard InChI is InChI=1S/C17H17ClN2S/c1-12(10-11-13-6-3-2-4-7-13)19-17-20-15-9-5-8-14(18)16(15)21-17/h2-9,12H,10-11H2,1H3,(H,19,20). The van der Waals surface area contributed by atoms with E-state index in [4.69, 9.17) is 11.6 Å². The SMILES string of the molecule is CC(CCc1ccccc1)Nc1nc2cccc(Cl)c2s1. The summed E-state index contributed by atoms with van der Waals surface area (Å²) in [6.45, 7) is 2.19. The number of hydrogen-bond acceptors (Lipinski definition) is 3. The van der Waals surface area contributed by atoms with E-state index in [0.717, 1.165) is 33.2 Å². The number of aromatic nitrogens is 1. The smallest absolute Gasteiger partial charge is 0.184 e. The minimum Gasteiger partial charge on any atom is -0.359 e. The molecule has 3 rings (SSSR count). The van der Waals surface area contributed by atoms with Crippen LogP contribution in [0.1, 0.15) is 18.9 Å². The molecule has 0 aliphatic carbocycles. The lowest BCUT2D eigenvalue weighted by molar-refractivity contribution is 0.705. The van der Waals surface area contributed by atoms with Gasteiger partial charge in [-0.1, -0.05) is 59.3 Å². The second-order valence-corrected chi connectivity index (χ2v) is 6.58. The van der Waals surface area contributed by atoms with Crippen LogP contribution in [0.5, 0.6) is 0 Å². The molecule has 0 aliphatic rings. The molecule has 2 aromatic carbocycles. The van der Waals surface area contributed by atoms with E-state index in [9.17, 15) is 0 Å². The molecule has 0 bridgehead atoms. The van der Waals surface area contributed by atoms with E-state index < -0.39 is 0 Å². The van der Waals surface area contributed by atoms with Crippen molar-refractivity contribution >= 4 is 38.3 Å². The molecule has 21 heavy (non-hydrogen) atoms. The molecule has 0 aliphatic heterocycles. The largest absolute Gasteiger partial charge is 0.359 e. The normalized spacial score (nSPS) is 12.5. The monoisotopic (exact) mass is 316 g/mol. The predicted octanol–water partition coefficient (Wildman–Crippen LogP) is 5.38. The molecule has 3 aromatic rings. The molecular weight excluding hydrogens is 300 g/mol. The Morgan fingerprint density at radius 1 is 1.14 bits per heavy atom. The Morgan fingerprint density at radius 3 is 2.71 bits per heavy atom. The van der Waals surface area contributed by atoms with Crippen molar-refractivity contribution in [3.63, 3.8) is 0 Å². The van der Waals surface area contributed by atoms with Crippen molar-refractivity contribution < 1.29 is 0 Å². The molecule has 0 saturated heterocycles. The van der Waals surface area contributed by atoms with Gasteiger partial charge in [-0.05, 0) is 37.5 Å². The van der Waals surface area contributed by atoms with Gasteiger partial charge in [0.2, 0.25) is 0 Å². The van der Waals surface area contributed by atoms with Crippen LogP contribution in [0.4, 0.5) is 5.13 Å². The number of nitrogens with one attached hydrogen (secondary N) is 1. The first kappa shape index (κ1) is 14.4. The Bertz CT molecular complexity index is 724. The third-order valence-corrected chi connectivity index (χ3v) is 4.91. The van der Waals surface area contributed by atoms with Gasteiger partial charge in [0.15, 0.2) is 5.13 Å². The molecular formula is C17H17ClN2S. The molecule has 0 amide bonds. The number of fused-ring (bicyclic) bond motifs is 1. The Hall–Kier alpha value is -1.58. The number of thiazole rings is 1. The van der Waals surface area contributed by atoms with Gasteiger partial charge in [-0.15, -0.1) is 0 Å². The molecule has 1 atom stereocenters. The summed E-state index contributed by atoms with van der Waals surface area (Å²) in [4.78, 5) is 4.59. The summed E-state index contributed by atoms with van der Waals surface area (Å²) in [7, 11) is 0. The van der Waals surface area contributed by atoms with Crippen LogP contribution in [0.2, 0.25) is 5.02 Å². The molecule has 108 valence electrons. The van der Waals surface area contributed by atoms with Gasteiger partial charge in [-0.2, -0.15) is 0 Å². The number of halogens is 1. The summed E-state index contributed by atoms with van der Waals surface area (Å²) in [6.07, 6.45) is 2.15. The maximum absolute atomic E-state index is 6.19. The fourth-order valence-corrected chi connectivity index (χ4v) is 3.55. The van der Waals surface area contributed by atoms with Crippen molar-refractivity contribution in [2.75, 3.05) is 5.32 Å². The van der Waals surface area contributed by atoms with Crippen molar-refractivity contribution in [3.8, 4) is 0 Å². The zero-order chi connectivity index (χ0) is 14.7. The summed E-state index contributed by atoms with van der Waals surface area (Å²) in [5.41, 5.74) is 2.34. The summed E-state index contributed by atoms with van der Waals surface area (Å²) in [5.74, 6) is 0. The predicted molar refractivity (Wildman–Crippen MR) is 92.5 cm³/mol. The highest BCUT2D eigenvalue weighted by atomic mass is 35.5. The molecule has 0 radical (unpaired) electrons. The van der Waals surface area contributed by atoms with E-state index in [1.165, 1.54) is 5.56 Å². The quantitative estimate of drug-likeness (QED) is 0.683. The fraction of sp³-hybridized carbons (Fsp3) is 0.235. The van der Waals surface area contributed by atoms with Crippen molar-refractivity contribution in [2.24, 2.45) is 0 Å². The third-order valence-electron chi connectivity index (χ3n) is 3.45. The molecule has 1 unspecified atom stereocenters. The number of benzene rings is 2. The van der Waals surface area contributed by atoms with Crippen LogP contribution in [0.25, 0.3) is 10.2 Å². The summed E-state index contributed by atoms with van der Waals surface area (Å²) in [5, 5.41) is 5.19. The number of anilines is 1. The van der Waals surface area contributed by atoms with Gasteiger partial charge in [0.1, 0.15) is 0 Å². The van der Waals surface area contributed by atoms with Crippen LogP contribution >= 0.6 is 22.9 Å². The second-order valence-electron chi connectivity index (χ2n) is 5.18. The van der Waals surface area contributed by atoms with Gasteiger partial charge in [-0.25, -0.2) is 4.98 Å². The molecule has 2 nitrogen and oxygen atoms in total. The molecule has 1 aromatic heterocycles. The minimum absolute atomic E-state index is 0.379. The van der Waals surface area contributed by atoms with E-state index in [0.29, 0.717) is 6.04 Å². The van der Waals surface area contributed by atoms with Crippen LogP contribution in [0.3, 0.4) is 0 Å². The Labute approximate surface area is 133 Å². The van der Waals surface area contributed by atoms with Crippen LogP contribution < -0.4 is 5.32 Å². The fourth-order valence-electron chi connectivity index (χ4n) is 2.29. The molecule has 0 saturated carbocycles. The highest BCUT2D eigenvalue weighted by molar-refractivity contribution is 7.22. The highest BCUT2D eigenvalue weighted by Gasteiger charge is 2.09. The average molecular weight is 317 g/mol. The van der Waals surface area contributed by atoms with Crippen LogP contribution in [-0.4, -0.2) is 11.0 Å². The van der Waals surface area contributed by atoms with Gasteiger partial charge >= 0.3 is 0 Å². The van der Waals surface area contributed by atoms with E-state index >= 15 is 0 Å². The van der Waals surface area contributed by atoms with Crippen molar-refractivity contribution in [2.45, 2.75) is 25.8 Å². The summed E-state index contributed by atoms with van der Waals surface area (Å²) < 4.78 is 1.05. The van der Waals surface area contributed by atoms with Crippen molar-refractivity contribution in [1.82, 2.24) is 4.98 Å². The first-order valence-electron chi connectivity index (χ1n) is 7.08. The molecule has 4 heteroatoms. The number of nitrogens with zero attached hydrogens (tertiary/aromatic N) is 1. The van der Waals surface area contributed by atoms with Gasteiger partial charge in [0.05, 0.1) is 15.2 Å². The molecule has 1 heterocycles. The number of rotatable bonds is 5. The van der Waals surface area contributed by atoms with E-state index in [1.54, 1.807) is 11.3 Å². The maximum Gasteiger partial charge on any atom is 0.184 e. The second kappa shape index (κ2) is 6.46. The first-order valence-corrected chi connectivity index (χ1v) is 8.27. The van der Waals surface area contributed by atoms with Crippen LogP contribution in [0.15, 0.2) is 48.5 Å². The van der Waals surface area contributed by atoms with E-state index in [-0.39, 0.29) is 0 Å². The van der Waals surface area contributed by atoms with Gasteiger partial charge < -0.3 is 5.32 Å². The van der Waals surface area contributed by atoms with Crippen molar-refractivity contribution in [1.29, 1.82) is 0 Å².